The monoisotopic (exact) mass is 682 g/mol. The number of halogens is 3. The molecule has 2 saturated carbocycles. The predicted octanol–water partition coefficient (Wildman–Crippen LogP) is 6.30. The standard InChI is InChI=1S/C37H37F3N8O2/c1-46-22-42-45-33(46)26-5-4-23(17-41)12-27(26)25-15-31(44-36(21-49)8-3-9-36)43-32(16-25)48-19-29-28(34(48)50)13-24(14-30(29)37(38,39)40)18-47-11-10-35(20-47)6-2-7-35/h4-5,12-16,22,49H,2-3,6-11,18-21H2,1H3,(H,43,44). The molecule has 8 rings (SSSR count). The van der Waals surface area contributed by atoms with Gasteiger partial charge in [0.25, 0.3) is 5.91 Å². The van der Waals surface area contributed by atoms with E-state index in [4.69, 9.17) is 4.98 Å². The van der Waals surface area contributed by atoms with Gasteiger partial charge in [0, 0.05) is 31.3 Å². The largest absolute Gasteiger partial charge is 0.416 e. The third-order valence-corrected chi connectivity index (χ3v) is 11.3. The van der Waals surface area contributed by atoms with Gasteiger partial charge in [-0.05, 0) is 115 Å². The number of amides is 1. The van der Waals surface area contributed by atoms with Gasteiger partial charge >= 0.3 is 6.18 Å². The van der Waals surface area contributed by atoms with Crippen LogP contribution in [-0.4, -0.2) is 60.9 Å². The number of pyridine rings is 1. The number of aromatic nitrogens is 4. The number of nitrogens with zero attached hydrogens (tertiary/aromatic N) is 7. The number of nitriles is 1. The van der Waals surface area contributed by atoms with Crippen LogP contribution < -0.4 is 10.2 Å². The Morgan fingerprint density at radius 2 is 1.82 bits per heavy atom. The van der Waals surface area contributed by atoms with Gasteiger partial charge in [-0.3, -0.25) is 14.6 Å². The SMILES string of the molecule is Cn1cnnc1-c1ccc(C#N)cc1-c1cc(NC2(CO)CCC2)nc(N2Cc3c(cc(CN4CCC5(CCC5)C4)cc3C(F)(F)F)C2=O)c1. The average Bonchev–Trinajstić information content (AvgIpc) is 3.79. The van der Waals surface area contributed by atoms with Crippen LogP contribution in [0.3, 0.4) is 0 Å². The fourth-order valence-corrected chi connectivity index (χ4v) is 8.15. The molecule has 1 spiro atoms. The van der Waals surface area contributed by atoms with Gasteiger partial charge in [-0.2, -0.15) is 18.4 Å². The maximum Gasteiger partial charge on any atom is 0.416 e. The smallest absolute Gasteiger partial charge is 0.394 e. The first-order valence-corrected chi connectivity index (χ1v) is 17.1. The van der Waals surface area contributed by atoms with Gasteiger partial charge < -0.3 is 15.0 Å². The van der Waals surface area contributed by atoms with Crippen molar-refractivity contribution in [2.75, 3.05) is 29.9 Å². The van der Waals surface area contributed by atoms with Gasteiger partial charge in [0.2, 0.25) is 0 Å². The Balaban J connectivity index is 1.21. The summed E-state index contributed by atoms with van der Waals surface area (Å²) in [5.74, 6) is 0.499. The maximum atomic E-state index is 14.7. The van der Waals surface area contributed by atoms with E-state index >= 15 is 0 Å². The van der Waals surface area contributed by atoms with Crippen LogP contribution in [0.1, 0.15) is 77.6 Å². The number of aliphatic hydroxyl groups is 1. The van der Waals surface area contributed by atoms with Gasteiger partial charge in [0.05, 0.1) is 35.9 Å². The number of aryl methyl sites for hydroxylation is 1. The highest BCUT2D eigenvalue weighted by molar-refractivity contribution is 6.10. The van der Waals surface area contributed by atoms with Crippen LogP contribution in [0.25, 0.3) is 22.5 Å². The molecule has 3 fully saturated rings. The number of fused-ring (bicyclic) bond motifs is 1. The number of aliphatic hydroxyl groups excluding tert-OH is 1. The average molecular weight is 683 g/mol. The number of rotatable bonds is 8. The number of carbonyl (C=O) groups excluding carboxylic acids is 1. The summed E-state index contributed by atoms with van der Waals surface area (Å²) in [6, 6.07) is 13.6. The summed E-state index contributed by atoms with van der Waals surface area (Å²) in [6.45, 7) is 1.63. The molecule has 2 aromatic heterocycles. The molecule has 4 heterocycles. The van der Waals surface area contributed by atoms with E-state index in [9.17, 15) is 28.3 Å². The normalized spacial score (nSPS) is 19.3. The predicted molar refractivity (Wildman–Crippen MR) is 180 cm³/mol. The van der Waals surface area contributed by atoms with Crippen LogP contribution in [-0.2, 0) is 26.3 Å². The van der Waals surface area contributed by atoms with E-state index in [0.29, 0.717) is 64.3 Å². The lowest BCUT2D eigenvalue weighted by Crippen LogP contribution is -2.48. The third-order valence-electron chi connectivity index (χ3n) is 11.3. The van der Waals surface area contributed by atoms with Crippen LogP contribution in [0.4, 0.5) is 24.8 Å². The van der Waals surface area contributed by atoms with E-state index in [0.717, 1.165) is 38.8 Å². The lowest BCUT2D eigenvalue weighted by molar-refractivity contribution is -0.138. The molecule has 0 atom stereocenters. The van der Waals surface area contributed by atoms with E-state index in [-0.39, 0.29) is 30.1 Å². The number of likely N-dealkylation sites (tertiary alicyclic amines) is 1. The number of benzene rings is 2. The molecule has 4 aromatic rings. The molecular weight excluding hydrogens is 645 g/mol. The van der Waals surface area contributed by atoms with Crippen LogP contribution in [0, 0.1) is 16.7 Å². The van der Waals surface area contributed by atoms with Crippen LogP contribution in [0.5, 0.6) is 0 Å². The molecule has 258 valence electrons. The third kappa shape index (κ3) is 5.60. The minimum atomic E-state index is -4.65. The molecule has 2 N–H and O–H groups in total. The van der Waals surface area contributed by atoms with Crippen LogP contribution >= 0.6 is 0 Å². The second-order valence-electron chi connectivity index (χ2n) is 14.5. The first kappa shape index (κ1) is 32.4. The molecule has 50 heavy (non-hydrogen) atoms. The van der Waals surface area contributed by atoms with Crippen molar-refractivity contribution < 1.29 is 23.1 Å². The highest BCUT2D eigenvalue weighted by Gasteiger charge is 2.44. The van der Waals surface area contributed by atoms with E-state index in [2.05, 4.69) is 26.5 Å². The molecule has 4 aliphatic rings. The van der Waals surface area contributed by atoms with Crippen molar-refractivity contribution in [1.82, 2.24) is 24.6 Å². The lowest BCUT2D eigenvalue weighted by Gasteiger charge is -2.41. The summed E-state index contributed by atoms with van der Waals surface area (Å²) in [5.41, 5.74) is 1.57. The van der Waals surface area contributed by atoms with Crippen LogP contribution in [0.2, 0.25) is 0 Å². The number of anilines is 2. The second-order valence-corrected chi connectivity index (χ2v) is 14.5. The summed E-state index contributed by atoms with van der Waals surface area (Å²) in [4.78, 5) is 22.4. The zero-order valence-electron chi connectivity index (χ0n) is 27.7. The molecule has 2 aliphatic carbocycles. The van der Waals surface area contributed by atoms with Gasteiger partial charge in [0.15, 0.2) is 5.82 Å². The molecular formula is C37H37F3N8O2. The van der Waals surface area contributed by atoms with Crippen molar-refractivity contribution >= 4 is 17.5 Å². The lowest BCUT2D eigenvalue weighted by atomic mass is 9.68. The number of hydrogen-bond donors (Lipinski definition) is 2. The Morgan fingerprint density at radius 1 is 1.02 bits per heavy atom. The highest BCUT2D eigenvalue weighted by Crippen LogP contribution is 2.49. The zero-order valence-corrected chi connectivity index (χ0v) is 27.7. The van der Waals surface area contributed by atoms with E-state index in [1.54, 1.807) is 54.3 Å². The molecule has 10 nitrogen and oxygen atoms in total. The summed E-state index contributed by atoms with van der Waals surface area (Å²) in [5, 5.41) is 31.7. The first-order chi connectivity index (χ1) is 24.0. The fraction of sp³-hybridized carbons (Fsp3) is 0.432. The Bertz CT molecular complexity index is 2040. The molecule has 13 heteroatoms. The maximum absolute atomic E-state index is 14.7. The van der Waals surface area contributed by atoms with Gasteiger partial charge in [0.1, 0.15) is 18.0 Å². The Hall–Kier alpha value is -4.80. The quantitative estimate of drug-likeness (QED) is 0.222. The highest BCUT2D eigenvalue weighted by atomic mass is 19.4. The van der Waals surface area contributed by atoms with Crippen LogP contribution in [0.15, 0.2) is 48.8 Å². The molecule has 2 aliphatic heterocycles. The molecule has 0 radical (unpaired) electrons. The second kappa shape index (κ2) is 11.9. The van der Waals surface area contributed by atoms with Crippen molar-refractivity contribution in [1.29, 1.82) is 5.26 Å². The minimum absolute atomic E-state index is 0.0335. The summed E-state index contributed by atoms with van der Waals surface area (Å²) in [7, 11) is 1.80. The number of nitrogens with one attached hydrogen (secondary N) is 1. The van der Waals surface area contributed by atoms with E-state index in [1.165, 1.54) is 17.4 Å². The zero-order chi connectivity index (χ0) is 34.8. The number of alkyl halides is 3. The van der Waals surface area contributed by atoms with Crippen molar-refractivity contribution in [3.63, 3.8) is 0 Å². The molecule has 0 unspecified atom stereocenters. The first-order valence-electron chi connectivity index (χ1n) is 17.1. The van der Waals surface area contributed by atoms with Gasteiger partial charge in [-0.15, -0.1) is 10.2 Å². The molecule has 1 saturated heterocycles. The number of carbonyl (C=O) groups is 1. The van der Waals surface area contributed by atoms with Crippen molar-refractivity contribution in [3.8, 4) is 28.6 Å². The number of hydrogen-bond acceptors (Lipinski definition) is 8. The Kier molecular flexibility index (Phi) is 7.72. The minimum Gasteiger partial charge on any atom is -0.394 e. The summed E-state index contributed by atoms with van der Waals surface area (Å²) >= 11 is 0. The molecule has 2 aromatic carbocycles. The van der Waals surface area contributed by atoms with E-state index in [1.807, 2.05) is 0 Å². The molecule has 0 bridgehead atoms. The molecule has 1 amide bonds. The summed E-state index contributed by atoms with van der Waals surface area (Å²) < 4.78 is 45.7. The Morgan fingerprint density at radius 3 is 2.44 bits per heavy atom. The summed E-state index contributed by atoms with van der Waals surface area (Å²) in [6.07, 6.45) is 3.84. The van der Waals surface area contributed by atoms with E-state index < -0.39 is 23.2 Å². The van der Waals surface area contributed by atoms with Crippen molar-refractivity contribution in [2.24, 2.45) is 12.5 Å². The topological polar surface area (TPSA) is 123 Å². The Labute approximate surface area is 287 Å². The fourth-order valence-electron chi connectivity index (χ4n) is 8.15. The van der Waals surface area contributed by atoms with Gasteiger partial charge in [-0.25, -0.2) is 4.98 Å². The van der Waals surface area contributed by atoms with Crippen molar-refractivity contribution in [2.45, 2.75) is 69.8 Å². The van der Waals surface area contributed by atoms with Gasteiger partial charge in [-0.1, -0.05) is 6.42 Å². The van der Waals surface area contributed by atoms with Crippen molar-refractivity contribution in [3.05, 3.63) is 76.6 Å².